The van der Waals surface area contributed by atoms with Crippen molar-refractivity contribution in [2.75, 3.05) is 7.11 Å². The molecule has 0 heterocycles. The number of nitrogens with zero attached hydrogens (tertiary/aromatic N) is 4. The molecule has 1 rings (SSSR count). The Morgan fingerprint density at radius 3 is 1.77 bits per heavy atom. The molecule has 13 heteroatoms. The van der Waals surface area contributed by atoms with Gasteiger partial charge in [-0.3, -0.25) is 40.5 Å². The van der Waals surface area contributed by atoms with Crippen LogP contribution in [0, 0.1) is 46.4 Å². The summed E-state index contributed by atoms with van der Waals surface area (Å²) in [4.78, 5) is 38.3. The minimum atomic E-state index is -3.83. The Kier molecular flexibility index (Phi) is 4.39. The smallest absolute Gasteiger partial charge is 0.500 e. The lowest BCUT2D eigenvalue weighted by molar-refractivity contribution is -0.975. The van der Waals surface area contributed by atoms with Crippen LogP contribution in [0.1, 0.15) is 6.92 Å². The number of ether oxygens (including phenoxy) is 1. The van der Waals surface area contributed by atoms with Crippen molar-refractivity contribution >= 4 is 0 Å². The first-order valence-corrected chi connectivity index (χ1v) is 5.61. The molecule has 0 amide bonds. The van der Waals surface area contributed by atoms with Gasteiger partial charge in [0.25, 0.3) is 12.0 Å². The van der Waals surface area contributed by atoms with Gasteiger partial charge in [-0.25, -0.2) is 0 Å². The molecule has 13 nitrogen and oxygen atoms in total. The van der Waals surface area contributed by atoms with E-state index in [1.807, 2.05) is 0 Å². The molecule has 0 saturated carbocycles. The van der Waals surface area contributed by atoms with Gasteiger partial charge in [-0.15, -0.1) is 0 Å². The quantitative estimate of drug-likeness (QED) is 0.286. The standard InChI is InChI=1S/C9H10N4O9/c1-5-3-6(8(22-2)4-7(5)10(14)15)9(11(16)17,12(18)19)13(20)21/h3-4,6-7H,1-2H3/t6-,7+/m0/s1. The minimum absolute atomic E-state index is 0.106. The fourth-order valence-electron chi connectivity index (χ4n) is 2.10. The first-order valence-electron chi connectivity index (χ1n) is 5.61. The zero-order valence-electron chi connectivity index (χ0n) is 11.3. The van der Waals surface area contributed by atoms with E-state index in [0.29, 0.717) is 0 Å². The van der Waals surface area contributed by atoms with Crippen LogP contribution in [0.15, 0.2) is 23.5 Å². The van der Waals surface area contributed by atoms with E-state index in [-0.39, 0.29) is 5.57 Å². The van der Waals surface area contributed by atoms with E-state index in [2.05, 4.69) is 4.74 Å². The van der Waals surface area contributed by atoms with Crippen molar-refractivity contribution in [3.05, 3.63) is 63.9 Å². The molecule has 0 bridgehead atoms. The van der Waals surface area contributed by atoms with Gasteiger partial charge in [0, 0.05) is 16.6 Å². The molecule has 0 aromatic carbocycles. The molecular weight excluding hydrogens is 308 g/mol. The van der Waals surface area contributed by atoms with E-state index in [4.69, 9.17) is 0 Å². The van der Waals surface area contributed by atoms with E-state index < -0.39 is 43.2 Å². The average Bonchev–Trinajstić information content (AvgIpc) is 2.37. The zero-order chi connectivity index (χ0) is 17.2. The summed E-state index contributed by atoms with van der Waals surface area (Å²) in [6, 6.07) is -1.44. The Hall–Kier alpha value is -3.12. The molecular formula is C9H10N4O9. The maximum Gasteiger partial charge on any atom is 0.713 e. The number of rotatable bonds is 6. The second kappa shape index (κ2) is 5.71. The van der Waals surface area contributed by atoms with E-state index in [9.17, 15) is 40.5 Å². The lowest BCUT2D eigenvalue weighted by Crippen LogP contribution is -2.59. The van der Waals surface area contributed by atoms with E-state index in [1.54, 1.807) is 0 Å². The topological polar surface area (TPSA) is 182 Å². The highest BCUT2D eigenvalue weighted by molar-refractivity contribution is 5.27. The number of methoxy groups -OCH3 is 1. The van der Waals surface area contributed by atoms with Crippen LogP contribution in [0.25, 0.3) is 0 Å². The molecule has 120 valence electrons. The first kappa shape index (κ1) is 16.9. The summed E-state index contributed by atoms with van der Waals surface area (Å²) in [6.45, 7) is 1.19. The predicted molar refractivity (Wildman–Crippen MR) is 66.8 cm³/mol. The first-order chi connectivity index (χ1) is 10.1. The van der Waals surface area contributed by atoms with Crippen molar-refractivity contribution in [1.29, 1.82) is 0 Å². The Morgan fingerprint density at radius 2 is 1.45 bits per heavy atom. The largest absolute Gasteiger partial charge is 0.713 e. The Balaban J connectivity index is 3.59. The second-order valence-corrected chi connectivity index (χ2v) is 4.35. The Labute approximate surface area is 121 Å². The molecule has 0 saturated heterocycles. The lowest BCUT2D eigenvalue weighted by Gasteiger charge is -2.22. The number of hydrogen-bond acceptors (Lipinski definition) is 9. The van der Waals surface area contributed by atoms with Crippen LogP contribution >= 0.6 is 0 Å². The van der Waals surface area contributed by atoms with Crippen molar-refractivity contribution < 1.29 is 24.4 Å². The molecule has 0 spiro atoms. The molecule has 0 unspecified atom stereocenters. The van der Waals surface area contributed by atoms with Gasteiger partial charge in [-0.05, 0) is 13.0 Å². The highest BCUT2D eigenvalue weighted by Crippen LogP contribution is 2.36. The van der Waals surface area contributed by atoms with Crippen LogP contribution in [0.4, 0.5) is 0 Å². The van der Waals surface area contributed by atoms with Crippen LogP contribution in [0.3, 0.4) is 0 Å². The fourth-order valence-corrected chi connectivity index (χ4v) is 2.10. The summed E-state index contributed by atoms with van der Waals surface area (Å²) in [5.74, 6) is -6.43. The van der Waals surface area contributed by atoms with Gasteiger partial charge in [-0.2, -0.15) is 0 Å². The average molecular weight is 318 g/mol. The maximum atomic E-state index is 11.1. The summed E-state index contributed by atoms with van der Waals surface area (Å²) >= 11 is 0. The van der Waals surface area contributed by atoms with Crippen molar-refractivity contribution in [2.24, 2.45) is 5.92 Å². The normalized spacial score (nSPS) is 21.4. The number of hydrogen-bond donors (Lipinski definition) is 0. The summed E-state index contributed by atoms with van der Waals surface area (Å²) in [6.07, 6.45) is 1.53. The molecule has 0 aromatic rings. The summed E-state index contributed by atoms with van der Waals surface area (Å²) in [5, 5.41) is 44.0. The lowest BCUT2D eigenvalue weighted by atomic mass is 9.88. The van der Waals surface area contributed by atoms with Crippen molar-refractivity contribution in [3.8, 4) is 0 Å². The van der Waals surface area contributed by atoms with Crippen LogP contribution < -0.4 is 0 Å². The SMILES string of the molecule is COC1=C[C@@H]([N+](=O)[O-])C(C)=C[C@@H]1C([N+](=O)[O-])([N+](=O)[O-])[N+](=O)[O-]. The number of nitro groups is 4. The van der Waals surface area contributed by atoms with Gasteiger partial charge < -0.3 is 4.74 Å². The third kappa shape index (κ3) is 2.32. The van der Waals surface area contributed by atoms with E-state index in [1.165, 1.54) is 6.92 Å². The molecule has 0 N–H and O–H groups in total. The third-order valence-corrected chi connectivity index (χ3v) is 3.21. The highest BCUT2D eigenvalue weighted by Gasteiger charge is 2.77. The van der Waals surface area contributed by atoms with Crippen LogP contribution in [0.2, 0.25) is 0 Å². The molecule has 0 fully saturated rings. The summed E-state index contributed by atoms with van der Waals surface area (Å²) in [7, 11) is 0.953. The van der Waals surface area contributed by atoms with Crippen molar-refractivity contribution in [1.82, 2.24) is 0 Å². The molecule has 2 atom stereocenters. The van der Waals surface area contributed by atoms with Crippen molar-refractivity contribution in [2.45, 2.75) is 18.8 Å². The monoisotopic (exact) mass is 318 g/mol. The second-order valence-electron chi connectivity index (χ2n) is 4.35. The van der Waals surface area contributed by atoms with Crippen LogP contribution in [-0.4, -0.2) is 38.6 Å². The van der Waals surface area contributed by atoms with Gasteiger partial charge in [0.2, 0.25) is 0 Å². The van der Waals surface area contributed by atoms with E-state index in [0.717, 1.165) is 19.3 Å². The Bertz CT molecular complexity index is 574. The third-order valence-electron chi connectivity index (χ3n) is 3.21. The molecule has 1 aliphatic rings. The fraction of sp³-hybridized carbons (Fsp3) is 0.556. The van der Waals surface area contributed by atoms with Gasteiger partial charge >= 0.3 is 5.79 Å². The molecule has 0 aliphatic heterocycles. The highest BCUT2D eigenvalue weighted by atomic mass is 16.7. The summed E-state index contributed by atoms with van der Waals surface area (Å²) < 4.78 is 4.69. The zero-order valence-corrected chi connectivity index (χ0v) is 11.3. The van der Waals surface area contributed by atoms with E-state index >= 15 is 0 Å². The van der Waals surface area contributed by atoms with Gasteiger partial charge in [0.15, 0.2) is 14.8 Å². The molecule has 1 aliphatic carbocycles. The maximum absolute atomic E-state index is 11.1. The van der Waals surface area contributed by atoms with Gasteiger partial charge in [0.05, 0.1) is 7.11 Å². The van der Waals surface area contributed by atoms with Gasteiger partial charge in [0.1, 0.15) is 5.76 Å². The minimum Gasteiger partial charge on any atom is -0.500 e. The molecule has 22 heavy (non-hydrogen) atoms. The van der Waals surface area contributed by atoms with Gasteiger partial charge in [-0.1, -0.05) is 0 Å². The summed E-state index contributed by atoms with van der Waals surface area (Å²) in [5.41, 5.74) is -0.106. The molecule has 0 radical (unpaired) electrons. The predicted octanol–water partition coefficient (Wildman–Crippen LogP) is 0.222. The van der Waals surface area contributed by atoms with Crippen molar-refractivity contribution in [3.63, 3.8) is 0 Å². The van der Waals surface area contributed by atoms with Crippen LogP contribution in [0.5, 0.6) is 0 Å². The van der Waals surface area contributed by atoms with Crippen LogP contribution in [-0.2, 0) is 4.74 Å². The Morgan fingerprint density at radius 1 is 1.00 bits per heavy atom. The molecule has 0 aromatic heterocycles.